The first-order valence-electron chi connectivity index (χ1n) is 8.62. The van der Waals surface area contributed by atoms with E-state index in [4.69, 9.17) is 0 Å². The van der Waals surface area contributed by atoms with Gasteiger partial charge in [0.1, 0.15) is 6.29 Å². The summed E-state index contributed by atoms with van der Waals surface area (Å²) in [5.74, 6) is 0. The number of carbonyl (C=O) groups excluding carboxylic acids is 1. The predicted octanol–water partition coefficient (Wildman–Crippen LogP) is 5.25. The lowest BCUT2D eigenvalue weighted by Gasteiger charge is -2.03. The lowest BCUT2D eigenvalue weighted by molar-refractivity contribution is -0.510. The van der Waals surface area contributed by atoms with Crippen LogP contribution >= 0.6 is 0 Å². The minimum absolute atomic E-state index is 0.195. The summed E-state index contributed by atoms with van der Waals surface area (Å²) >= 11 is 0. The van der Waals surface area contributed by atoms with E-state index in [-0.39, 0.29) is 4.92 Å². The second-order valence-electron chi connectivity index (χ2n) is 5.67. The Morgan fingerprint density at radius 3 is 2.27 bits per heavy atom. The maximum absolute atomic E-state index is 10.9. The van der Waals surface area contributed by atoms with Gasteiger partial charge >= 0.3 is 0 Å². The molecule has 0 aromatic heterocycles. The topological polar surface area (TPSA) is 60.2 Å². The zero-order valence-electron chi connectivity index (χ0n) is 13.9. The van der Waals surface area contributed by atoms with E-state index in [0.29, 0.717) is 12.8 Å². The lowest BCUT2D eigenvalue weighted by atomic mass is 10.1. The number of rotatable bonds is 15. The van der Waals surface area contributed by atoms with E-state index < -0.39 is 6.04 Å². The minimum atomic E-state index is -0.547. The Bertz CT molecular complexity index is 337. The molecule has 1 unspecified atom stereocenters. The Morgan fingerprint density at radius 1 is 0.955 bits per heavy atom. The fourth-order valence-electron chi connectivity index (χ4n) is 2.26. The summed E-state index contributed by atoms with van der Waals surface area (Å²) in [5.41, 5.74) is 0. The highest BCUT2D eigenvalue weighted by molar-refractivity contribution is 5.48. The molecule has 0 rings (SSSR count). The molecule has 4 nitrogen and oxygen atoms in total. The lowest BCUT2D eigenvalue weighted by Crippen LogP contribution is -2.16. The molecule has 0 N–H and O–H groups in total. The molecule has 0 amide bonds. The van der Waals surface area contributed by atoms with Crippen LogP contribution in [0.3, 0.4) is 0 Å². The van der Waals surface area contributed by atoms with Gasteiger partial charge in [0.2, 0.25) is 6.04 Å². The van der Waals surface area contributed by atoms with Crippen LogP contribution in [0.1, 0.15) is 77.6 Å². The molecule has 0 aliphatic rings. The summed E-state index contributed by atoms with van der Waals surface area (Å²) in [6.45, 7) is 2.10. The zero-order chi connectivity index (χ0) is 16.5. The maximum atomic E-state index is 10.9. The van der Waals surface area contributed by atoms with Gasteiger partial charge in [0.15, 0.2) is 0 Å². The Kier molecular flexibility index (Phi) is 14.9. The molecule has 0 aromatic rings. The van der Waals surface area contributed by atoms with Crippen molar-refractivity contribution in [3.63, 3.8) is 0 Å². The van der Waals surface area contributed by atoms with Crippen molar-refractivity contribution < 1.29 is 9.72 Å². The molecule has 4 heteroatoms. The van der Waals surface area contributed by atoms with Crippen molar-refractivity contribution >= 4 is 6.29 Å². The Balaban J connectivity index is 3.70. The van der Waals surface area contributed by atoms with Crippen molar-refractivity contribution in [2.24, 2.45) is 0 Å². The van der Waals surface area contributed by atoms with Crippen LogP contribution in [0.2, 0.25) is 0 Å². The monoisotopic (exact) mass is 309 g/mol. The van der Waals surface area contributed by atoms with E-state index in [9.17, 15) is 14.9 Å². The van der Waals surface area contributed by atoms with Crippen LogP contribution in [0, 0.1) is 10.1 Å². The van der Waals surface area contributed by atoms with Gasteiger partial charge in [0, 0.05) is 17.8 Å². The van der Waals surface area contributed by atoms with Gasteiger partial charge in [-0.3, -0.25) is 10.1 Å². The molecule has 0 aromatic carbocycles. The second kappa shape index (κ2) is 15.9. The number of unbranched alkanes of at least 4 members (excludes halogenated alkanes) is 8. The van der Waals surface area contributed by atoms with Crippen molar-refractivity contribution in [2.75, 3.05) is 0 Å². The minimum Gasteiger partial charge on any atom is -0.303 e. The third-order valence-electron chi connectivity index (χ3n) is 3.65. The highest BCUT2D eigenvalue weighted by Crippen LogP contribution is 2.09. The molecule has 1 atom stereocenters. The van der Waals surface area contributed by atoms with Gasteiger partial charge in [0.05, 0.1) is 0 Å². The Morgan fingerprint density at radius 2 is 1.64 bits per heavy atom. The summed E-state index contributed by atoms with van der Waals surface area (Å²) in [5, 5.41) is 10.9. The summed E-state index contributed by atoms with van der Waals surface area (Å²) in [7, 11) is 0. The van der Waals surface area contributed by atoms with Crippen LogP contribution in [0.5, 0.6) is 0 Å². The van der Waals surface area contributed by atoms with Gasteiger partial charge in [0.25, 0.3) is 0 Å². The maximum Gasteiger partial charge on any atom is 0.231 e. The van der Waals surface area contributed by atoms with Crippen molar-refractivity contribution in [3.8, 4) is 0 Å². The zero-order valence-corrected chi connectivity index (χ0v) is 13.9. The first kappa shape index (κ1) is 20.6. The van der Waals surface area contributed by atoms with Crippen molar-refractivity contribution in [2.45, 2.75) is 83.6 Å². The van der Waals surface area contributed by atoms with Gasteiger partial charge < -0.3 is 4.79 Å². The molecule has 22 heavy (non-hydrogen) atoms. The number of carbonyl (C=O) groups is 1. The van der Waals surface area contributed by atoms with Crippen molar-refractivity contribution in [1.29, 1.82) is 0 Å². The first-order valence-corrected chi connectivity index (χ1v) is 8.62. The van der Waals surface area contributed by atoms with Gasteiger partial charge in [-0.05, 0) is 31.8 Å². The molecule has 0 saturated carbocycles. The molecule has 0 aliphatic heterocycles. The molecule has 0 radical (unpaired) electrons. The van der Waals surface area contributed by atoms with Crippen LogP contribution in [0.15, 0.2) is 24.3 Å². The van der Waals surface area contributed by atoms with Gasteiger partial charge in [-0.2, -0.15) is 0 Å². The van der Waals surface area contributed by atoms with Crippen molar-refractivity contribution in [1.82, 2.24) is 0 Å². The third kappa shape index (κ3) is 13.5. The molecule has 0 spiro atoms. The van der Waals surface area contributed by atoms with Gasteiger partial charge in [-0.25, -0.2) is 0 Å². The standard InChI is InChI=1S/C18H31NO3/c1-2-3-12-15-18(19(21)22)16-13-10-8-6-4-5-7-9-11-14-17-20/h8,10,13,16-18H,2-7,9,11-12,14-15H2,1H3/b10-8+,16-13+. The average molecular weight is 309 g/mol. The number of allylic oxidation sites excluding steroid dienone is 3. The number of nitro groups is 1. The molecule has 0 fully saturated rings. The van der Waals surface area contributed by atoms with Crippen LogP contribution < -0.4 is 0 Å². The van der Waals surface area contributed by atoms with Crippen LogP contribution in [0.25, 0.3) is 0 Å². The first-order chi connectivity index (χ1) is 10.7. The van der Waals surface area contributed by atoms with Crippen LogP contribution in [-0.4, -0.2) is 17.3 Å². The van der Waals surface area contributed by atoms with Crippen molar-refractivity contribution in [3.05, 3.63) is 34.4 Å². The summed E-state index contributed by atoms with van der Waals surface area (Å²) in [6, 6.07) is -0.547. The molecule has 126 valence electrons. The van der Waals surface area contributed by atoms with Gasteiger partial charge in [-0.15, -0.1) is 0 Å². The van der Waals surface area contributed by atoms with Crippen LogP contribution in [0.4, 0.5) is 0 Å². The number of hydrogen-bond donors (Lipinski definition) is 0. The molecular formula is C18H31NO3. The largest absolute Gasteiger partial charge is 0.303 e. The molecule has 0 saturated heterocycles. The quantitative estimate of drug-likeness (QED) is 0.136. The molecule has 0 aliphatic carbocycles. The van der Waals surface area contributed by atoms with E-state index >= 15 is 0 Å². The fourth-order valence-corrected chi connectivity index (χ4v) is 2.26. The summed E-state index contributed by atoms with van der Waals surface area (Å²) in [6.07, 6.45) is 19.5. The summed E-state index contributed by atoms with van der Waals surface area (Å²) in [4.78, 5) is 20.9. The van der Waals surface area contributed by atoms with E-state index in [1.807, 2.05) is 12.2 Å². The smallest absolute Gasteiger partial charge is 0.231 e. The molecule has 0 heterocycles. The highest BCUT2D eigenvalue weighted by atomic mass is 16.6. The fraction of sp³-hybridized carbons (Fsp3) is 0.722. The summed E-state index contributed by atoms with van der Waals surface area (Å²) < 4.78 is 0. The Labute approximate surface area is 134 Å². The predicted molar refractivity (Wildman–Crippen MR) is 91.6 cm³/mol. The van der Waals surface area contributed by atoms with E-state index in [1.165, 1.54) is 12.8 Å². The van der Waals surface area contributed by atoms with E-state index in [0.717, 1.165) is 51.2 Å². The number of hydrogen-bond acceptors (Lipinski definition) is 3. The number of nitrogens with zero attached hydrogens (tertiary/aromatic N) is 1. The normalized spacial score (nSPS) is 13.0. The van der Waals surface area contributed by atoms with E-state index in [1.54, 1.807) is 6.08 Å². The van der Waals surface area contributed by atoms with Gasteiger partial charge in [-0.1, -0.05) is 57.3 Å². The third-order valence-corrected chi connectivity index (χ3v) is 3.65. The van der Waals surface area contributed by atoms with Crippen LogP contribution in [-0.2, 0) is 4.79 Å². The Hall–Kier alpha value is -1.45. The number of aldehydes is 1. The van der Waals surface area contributed by atoms with E-state index in [2.05, 4.69) is 13.0 Å². The second-order valence-corrected chi connectivity index (χ2v) is 5.67. The SMILES string of the molecule is CCCCCC(/C=C/C=C/CCCCCCCC=O)[N+](=O)[O-]. The highest BCUT2D eigenvalue weighted by Gasteiger charge is 2.14. The average Bonchev–Trinajstić information content (AvgIpc) is 2.50. The molecular weight excluding hydrogens is 278 g/mol. The molecule has 0 bridgehead atoms.